The van der Waals surface area contributed by atoms with Gasteiger partial charge < -0.3 is 15.0 Å². The lowest BCUT2D eigenvalue weighted by Gasteiger charge is -2.23. The number of ether oxygens (including phenoxy) is 1. The maximum Gasteiger partial charge on any atom is 0.407 e. The summed E-state index contributed by atoms with van der Waals surface area (Å²) in [5.74, 6) is -0.0858. The number of aromatic nitrogens is 2. The second kappa shape index (κ2) is 10.5. The highest BCUT2D eigenvalue weighted by Gasteiger charge is 2.18. The van der Waals surface area contributed by atoms with Crippen molar-refractivity contribution < 1.29 is 14.3 Å². The summed E-state index contributed by atoms with van der Waals surface area (Å²) >= 11 is 0. The zero-order chi connectivity index (χ0) is 23.0. The second-order valence-electron chi connectivity index (χ2n) is 8.43. The Hall–Kier alpha value is -3.74. The summed E-state index contributed by atoms with van der Waals surface area (Å²) < 4.78 is 5.25. The summed E-state index contributed by atoms with van der Waals surface area (Å²) in [7, 11) is 0. The minimum absolute atomic E-state index is 0.0858. The van der Waals surface area contributed by atoms with Gasteiger partial charge in [-0.1, -0.05) is 18.2 Å². The third kappa shape index (κ3) is 7.19. The van der Waals surface area contributed by atoms with Gasteiger partial charge in [-0.05, 0) is 67.8 Å². The summed E-state index contributed by atoms with van der Waals surface area (Å²) in [6, 6.07) is 14.8. The Morgan fingerprint density at radius 3 is 2.19 bits per heavy atom. The summed E-state index contributed by atoms with van der Waals surface area (Å²) in [5.41, 5.74) is 2.85. The van der Waals surface area contributed by atoms with Crippen LogP contribution in [0.25, 0.3) is 0 Å². The van der Waals surface area contributed by atoms with Crippen molar-refractivity contribution in [3.05, 3.63) is 95.6 Å². The van der Waals surface area contributed by atoms with E-state index in [9.17, 15) is 9.59 Å². The molecule has 2 amide bonds. The van der Waals surface area contributed by atoms with E-state index in [0.29, 0.717) is 25.2 Å². The molecule has 7 nitrogen and oxygen atoms in total. The molecule has 0 bridgehead atoms. The minimum Gasteiger partial charge on any atom is -0.444 e. The predicted molar refractivity (Wildman–Crippen MR) is 122 cm³/mol. The quantitative estimate of drug-likeness (QED) is 0.600. The van der Waals surface area contributed by atoms with Crippen molar-refractivity contribution in [2.45, 2.75) is 46.0 Å². The van der Waals surface area contributed by atoms with Crippen LogP contribution in [0, 0.1) is 0 Å². The summed E-state index contributed by atoms with van der Waals surface area (Å²) in [5, 5.41) is 2.72. The van der Waals surface area contributed by atoms with Crippen LogP contribution >= 0.6 is 0 Å². The fourth-order valence-corrected chi connectivity index (χ4v) is 3.06. The summed E-state index contributed by atoms with van der Waals surface area (Å²) in [6.07, 6.45) is 6.43. The Morgan fingerprint density at radius 1 is 0.875 bits per heavy atom. The Morgan fingerprint density at radius 2 is 1.56 bits per heavy atom. The average molecular weight is 433 g/mol. The predicted octanol–water partition coefficient (Wildman–Crippen LogP) is 4.34. The van der Waals surface area contributed by atoms with Gasteiger partial charge in [0.2, 0.25) is 0 Å². The smallest absolute Gasteiger partial charge is 0.407 e. The standard InChI is InChI=1S/C25H28N4O3/c1-25(2,3)32-24(31)28-16-19-6-8-22(9-7-19)23(30)29(17-20-10-13-26-14-11-20)18-21-5-4-12-27-15-21/h4-15H,16-18H2,1-3H3,(H,28,31). The van der Waals surface area contributed by atoms with E-state index in [-0.39, 0.29) is 5.91 Å². The van der Waals surface area contributed by atoms with Crippen LogP contribution in [0.2, 0.25) is 0 Å². The van der Waals surface area contributed by atoms with Gasteiger partial charge in [-0.15, -0.1) is 0 Å². The molecule has 0 radical (unpaired) electrons. The molecule has 166 valence electrons. The number of benzene rings is 1. The maximum atomic E-state index is 13.3. The number of hydrogen-bond acceptors (Lipinski definition) is 5. The highest BCUT2D eigenvalue weighted by molar-refractivity contribution is 5.94. The van der Waals surface area contributed by atoms with Crippen LogP contribution in [0.3, 0.4) is 0 Å². The fraction of sp³-hybridized carbons (Fsp3) is 0.280. The van der Waals surface area contributed by atoms with Gasteiger partial charge in [0.25, 0.3) is 5.91 Å². The molecule has 3 aromatic rings. The van der Waals surface area contributed by atoms with E-state index >= 15 is 0 Å². The largest absolute Gasteiger partial charge is 0.444 e. The number of amides is 2. The molecule has 7 heteroatoms. The third-order valence-electron chi connectivity index (χ3n) is 4.54. The van der Waals surface area contributed by atoms with Crippen LogP contribution < -0.4 is 5.32 Å². The number of carbonyl (C=O) groups is 2. The van der Waals surface area contributed by atoms with Gasteiger partial charge >= 0.3 is 6.09 Å². The highest BCUT2D eigenvalue weighted by atomic mass is 16.6. The van der Waals surface area contributed by atoms with Crippen molar-refractivity contribution in [3.63, 3.8) is 0 Å². The number of rotatable bonds is 7. The van der Waals surface area contributed by atoms with Crippen molar-refractivity contribution >= 4 is 12.0 Å². The molecule has 0 atom stereocenters. The average Bonchev–Trinajstić information content (AvgIpc) is 2.77. The molecule has 1 aromatic carbocycles. The molecular formula is C25H28N4O3. The van der Waals surface area contributed by atoms with E-state index in [2.05, 4.69) is 15.3 Å². The van der Waals surface area contributed by atoms with Crippen molar-refractivity contribution in [3.8, 4) is 0 Å². The second-order valence-corrected chi connectivity index (χ2v) is 8.43. The van der Waals surface area contributed by atoms with Crippen LogP contribution in [0.1, 0.15) is 47.8 Å². The fourth-order valence-electron chi connectivity index (χ4n) is 3.06. The van der Waals surface area contributed by atoms with Gasteiger partial charge in [0.05, 0.1) is 0 Å². The van der Waals surface area contributed by atoms with E-state index in [4.69, 9.17) is 4.74 Å². The Balaban J connectivity index is 1.69. The van der Waals surface area contributed by atoms with E-state index in [0.717, 1.165) is 16.7 Å². The van der Waals surface area contributed by atoms with Crippen molar-refractivity contribution in [1.29, 1.82) is 0 Å². The lowest BCUT2D eigenvalue weighted by atomic mass is 10.1. The van der Waals surface area contributed by atoms with E-state index < -0.39 is 11.7 Å². The molecule has 0 aliphatic rings. The number of nitrogens with zero attached hydrogens (tertiary/aromatic N) is 3. The molecule has 0 spiro atoms. The van der Waals surface area contributed by atoms with Crippen LogP contribution in [0.4, 0.5) is 4.79 Å². The van der Waals surface area contributed by atoms with Crippen molar-refractivity contribution in [2.24, 2.45) is 0 Å². The normalized spacial score (nSPS) is 11.0. The Bertz CT molecular complexity index is 975. The van der Waals surface area contributed by atoms with Crippen LogP contribution in [0.15, 0.2) is 73.3 Å². The van der Waals surface area contributed by atoms with Gasteiger partial charge in [0.1, 0.15) is 5.60 Å². The third-order valence-corrected chi connectivity index (χ3v) is 4.54. The van der Waals surface area contributed by atoms with E-state index in [1.54, 1.807) is 41.8 Å². The molecule has 2 aromatic heterocycles. The minimum atomic E-state index is -0.549. The molecule has 32 heavy (non-hydrogen) atoms. The maximum absolute atomic E-state index is 13.3. The highest BCUT2D eigenvalue weighted by Crippen LogP contribution is 2.15. The lowest BCUT2D eigenvalue weighted by Crippen LogP contribution is -2.32. The van der Waals surface area contributed by atoms with Crippen molar-refractivity contribution in [1.82, 2.24) is 20.2 Å². The molecule has 0 saturated carbocycles. The molecule has 0 aliphatic carbocycles. The molecule has 0 fully saturated rings. The number of carbonyl (C=O) groups excluding carboxylic acids is 2. The number of hydrogen-bond donors (Lipinski definition) is 1. The first-order valence-corrected chi connectivity index (χ1v) is 10.4. The number of pyridine rings is 2. The molecule has 0 unspecified atom stereocenters. The van der Waals surface area contributed by atoms with Crippen LogP contribution in [-0.4, -0.2) is 32.5 Å². The first kappa shape index (κ1) is 22.9. The Labute approximate surface area is 188 Å². The molecule has 2 heterocycles. The lowest BCUT2D eigenvalue weighted by molar-refractivity contribution is 0.0523. The molecule has 3 rings (SSSR count). The van der Waals surface area contributed by atoms with Gasteiger partial charge in [-0.3, -0.25) is 14.8 Å². The summed E-state index contributed by atoms with van der Waals surface area (Å²) in [4.78, 5) is 35.1. The van der Waals surface area contributed by atoms with Gasteiger partial charge in [0, 0.05) is 50.0 Å². The Kier molecular flexibility index (Phi) is 7.54. The molecule has 1 N–H and O–H groups in total. The van der Waals surface area contributed by atoms with Crippen LogP contribution in [0.5, 0.6) is 0 Å². The first-order valence-electron chi connectivity index (χ1n) is 10.4. The molecule has 0 aliphatic heterocycles. The van der Waals surface area contributed by atoms with Gasteiger partial charge in [0.15, 0.2) is 0 Å². The van der Waals surface area contributed by atoms with Gasteiger partial charge in [-0.25, -0.2) is 4.79 Å². The van der Waals surface area contributed by atoms with E-state index in [1.165, 1.54) is 0 Å². The molecular weight excluding hydrogens is 404 g/mol. The SMILES string of the molecule is CC(C)(C)OC(=O)NCc1ccc(C(=O)N(Cc2ccncc2)Cc2cccnc2)cc1. The molecule has 0 saturated heterocycles. The van der Waals surface area contributed by atoms with Gasteiger partial charge in [-0.2, -0.15) is 0 Å². The zero-order valence-corrected chi connectivity index (χ0v) is 18.6. The summed E-state index contributed by atoms with van der Waals surface area (Å²) in [6.45, 7) is 6.66. The first-order chi connectivity index (χ1) is 15.3. The topological polar surface area (TPSA) is 84.4 Å². The van der Waals surface area contributed by atoms with Crippen molar-refractivity contribution in [2.75, 3.05) is 0 Å². The monoisotopic (exact) mass is 432 g/mol. The zero-order valence-electron chi connectivity index (χ0n) is 18.6. The number of alkyl carbamates (subject to hydrolysis) is 1. The number of nitrogens with one attached hydrogen (secondary N) is 1. The van der Waals surface area contributed by atoms with Crippen LogP contribution in [-0.2, 0) is 24.4 Å². The van der Waals surface area contributed by atoms with E-state index in [1.807, 2.05) is 57.2 Å².